The van der Waals surface area contributed by atoms with E-state index >= 15 is 0 Å². The number of para-hydroxylation sites is 1. The zero-order chi connectivity index (χ0) is 23.9. The molecule has 0 spiro atoms. The molecule has 1 aliphatic heterocycles. The molecule has 34 heavy (non-hydrogen) atoms. The van der Waals surface area contributed by atoms with Crippen LogP contribution >= 0.6 is 11.3 Å². The molecule has 1 unspecified atom stereocenters. The third-order valence-corrected chi connectivity index (χ3v) is 6.21. The molecule has 0 saturated carbocycles. The van der Waals surface area contributed by atoms with Crippen LogP contribution in [0.3, 0.4) is 0 Å². The highest BCUT2D eigenvalue weighted by atomic mass is 32.1. The highest BCUT2D eigenvalue weighted by Crippen LogP contribution is 2.31. The van der Waals surface area contributed by atoms with Crippen LogP contribution in [0.1, 0.15) is 31.0 Å². The van der Waals surface area contributed by atoms with Gasteiger partial charge in [-0.15, -0.1) is 11.3 Å². The van der Waals surface area contributed by atoms with Gasteiger partial charge in [0.05, 0.1) is 17.5 Å². The van der Waals surface area contributed by atoms with E-state index < -0.39 is 5.82 Å². The molecule has 1 atom stereocenters. The van der Waals surface area contributed by atoms with Crippen molar-refractivity contribution in [2.45, 2.75) is 32.4 Å². The van der Waals surface area contributed by atoms with E-state index in [1.165, 1.54) is 41.4 Å². The largest absolute Gasteiger partial charge is 0.376 e. The summed E-state index contributed by atoms with van der Waals surface area (Å²) in [5, 5.41) is 2.05. The first-order chi connectivity index (χ1) is 16.5. The number of aromatic nitrogens is 2. The highest BCUT2D eigenvalue weighted by molar-refractivity contribution is 7.14. The molecule has 1 fully saturated rings. The van der Waals surface area contributed by atoms with Crippen molar-refractivity contribution in [2.24, 2.45) is 0 Å². The lowest BCUT2D eigenvalue weighted by atomic mass is 10.2. The van der Waals surface area contributed by atoms with Gasteiger partial charge >= 0.3 is 0 Å². The summed E-state index contributed by atoms with van der Waals surface area (Å²) in [6, 6.07) is 9.81. The molecule has 176 valence electrons. The van der Waals surface area contributed by atoms with Gasteiger partial charge in [-0.2, -0.15) is 0 Å². The summed E-state index contributed by atoms with van der Waals surface area (Å²) in [4.78, 5) is 36.8. The molecule has 2 aromatic heterocycles. The second-order valence-corrected chi connectivity index (χ2v) is 8.75. The van der Waals surface area contributed by atoms with Crippen LogP contribution in [0.4, 0.5) is 15.2 Å². The maximum atomic E-state index is 14.3. The third kappa shape index (κ3) is 5.92. The van der Waals surface area contributed by atoms with Crippen LogP contribution in [0, 0.1) is 5.82 Å². The Morgan fingerprint density at radius 1 is 1.26 bits per heavy atom. The Hall–Kier alpha value is -3.43. The number of benzene rings is 1. The van der Waals surface area contributed by atoms with Crippen LogP contribution in [-0.4, -0.2) is 45.9 Å². The van der Waals surface area contributed by atoms with Crippen molar-refractivity contribution in [3.63, 3.8) is 0 Å². The van der Waals surface area contributed by atoms with E-state index in [0.717, 1.165) is 18.4 Å². The lowest BCUT2D eigenvalue weighted by Gasteiger charge is -2.24. The van der Waals surface area contributed by atoms with Crippen LogP contribution in [0.2, 0.25) is 0 Å². The normalized spacial score (nSPS) is 15.5. The number of hydrogen-bond acceptors (Lipinski definition) is 6. The minimum Gasteiger partial charge on any atom is -0.376 e. The van der Waals surface area contributed by atoms with Crippen LogP contribution < -0.4 is 4.90 Å². The molecule has 0 N–H and O–H groups in total. The topological polar surface area (TPSA) is 75.6 Å². The van der Waals surface area contributed by atoms with E-state index in [2.05, 4.69) is 9.97 Å². The molecule has 0 radical (unpaired) electrons. The van der Waals surface area contributed by atoms with Gasteiger partial charge in [0, 0.05) is 50.5 Å². The van der Waals surface area contributed by atoms with E-state index in [9.17, 15) is 14.0 Å². The van der Waals surface area contributed by atoms with Gasteiger partial charge in [-0.05, 0) is 42.7 Å². The summed E-state index contributed by atoms with van der Waals surface area (Å²) in [6.45, 7) is 2.98. The fourth-order valence-electron chi connectivity index (χ4n) is 3.74. The molecular formula is C25H25FN4O3S. The highest BCUT2D eigenvalue weighted by Gasteiger charge is 2.23. The first-order valence-electron chi connectivity index (χ1n) is 11.0. The van der Waals surface area contributed by atoms with E-state index in [0.29, 0.717) is 30.5 Å². The van der Waals surface area contributed by atoms with Gasteiger partial charge in [0.25, 0.3) is 0 Å². The number of nitrogens with zero attached hydrogens (tertiary/aromatic N) is 4. The van der Waals surface area contributed by atoms with Crippen molar-refractivity contribution in [3.8, 4) is 0 Å². The third-order valence-electron chi connectivity index (χ3n) is 5.36. The standard InChI is InChI=1S/C25H25FN4O3S/c1-18(31)30(23-9-3-2-8-22(23)26)25-28-20(17-34-25)10-11-24(32)29(16-21-7-5-13-33-21)15-19-6-4-12-27-14-19/h2-4,6,8-12,14,17,21H,5,7,13,15-16H2,1H3/b11-10+. The zero-order valence-electron chi connectivity index (χ0n) is 18.8. The maximum absolute atomic E-state index is 14.3. The van der Waals surface area contributed by atoms with Gasteiger partial charge in [0.1, 0.15) is 5.82 Å². The van der Waals surface area contributed by atoms with Gasteiger partial charge in [0.15, 0.2) is 5.13 Å². The Morgan fingerprint density at radius 3 is 2.82 bits per heavy atom. The molecule has 1 aromatic carbocycles. The van der Waals surface area contributed by atoms with Crippen LogP contribution in [0.5, 0.6) is 0 Å². The lowest BCUT2D eigenvalue weighted by molar-refractivity contribution is -0.128. The zero-order valence-corrected chi connectivity index (χ0v) is 19.6. The average molecular weight is 481 g/mol. The lowest BCUT2D eigenvalue weighted by Crippen LogP contribution is -2.35. The molecule has 0 aliphatic carbocycles. The smallest absolute Gasteiger partial charge is 0.247 e. The van der Waals surface area contributed by atoms with Crippen molar-refractivity contribution >= 4 is 40.0 Å². The number of thiazole rings is 1. The number of hydrogen-bond donors (Lipinski definition) is 0. The minimum absolute atomic E-state index is 0.0183. The van der Waals surface area contributed by atoms with Crippen molar-refractivity contribution in [3.05, 3.63) is 77.3 Å². The number of pyridine rings is 1. The Balaban J connectivity index is 1.50. The molecular weight excluding hydrogens is 455 g/mol. The molecule has 4 rings (SSSR count). The van der Waals surface area contributed by atoms with Gasteiger partial charge in [-0.1, -0.05) is 18.2 Å². The number of carbonyl (C=O) groups is 2. The Bertz CT molecular complexity index is 1160. The van der Waals surface area contributed by atoms with Crippen LogP contribution in [0.15, 0.2) is 60.2 Å². The Labute approximate surface area is 201 Å². The van der Waals surface area contributed by atoms with Crippen LogP contribution in [-0.2, 0) is 20.9 Å². The van der Waals surface area contributed by atoms with Crippen molar-refractivity contribution in [1.29, 1.82) is 0 Å². The van der Waals surface area contributed by atoms with Crippen LogP contribution in [0.25, 0.3) is 6.08 Å². The average Bonchev–Trinajstić information content (AvgIpc) is 3.51. The second kappa shape index (κ2) is 11.1. The number of anilines is 2. The van der Waals surface area contributed by atoms with Gasteiger partial charge in [-0.25, -0.2) is 9.37 Å². The summed E-state index contributed by atoms with van der Waals surface area (Å²) in [5.41, 5.74) is 1.57. The molecule has 3 heterocycles. The Kier molecular flexibility index (Phi) is 7.76. The summed E-state index contributed by atoms with van der Waals surface area (Å²) in [7, 11) is 0. The minimum atomic E-state index is -0.514. The van der Waals surface area contributed by atoms with Gasteiger partial charge in [-0.3, -0.25) is 19.5 Å². The molecule has 1 aliphatic rings. The number of carbonyl (C=O) groups excluding carboxylic acids is 2. The summed E-state index contributed by atoms with van der Waals surface area (Å²) >= 11 is 1.20. The quantitative estimate of drug-likeness (QED) is 0.441. The van der Waals surface area contributed by atoms with Crippen molar-refractivity contribution < 1.29 is 18.7 Å². The molecule has 0 bridgehead atoms. The van der Waals surface area contributed by atoms with E-state index in [1.54, 1.807) is 40.9 Å². The predicted molar refractivity (Wildman–Crippen MR) is 129 cm³/mol. The number of rotatable bonds is 8. The van der Waals surface area contributed by atoms with Gasteiger partial charge in [0.2, 0.25) is 11.8 Å². The van der Waals surface area contributed by atoms with E-state index in [4.69, 9.17) is 4.74 Å². The monoisotopic (exact) mass is 480 g/mol. The fraction of sp³-hybridized carbons (Fsp3) is 0.280. The summed E-state index contributed by atoms with van der Waals surface area (Å²) in [5.74, 6) is -1.04. The van der Waals surface area contributed by atoms with E-state index in [1.807, 2.05) is 12.1 Å². The summed E-state index contributed by atoms with van der Waals surface area (Å²) in [6.07, 6.45) is 8.44. The maximum Gasteiger partial charge on any atom is 0.247 e. The summed E-state index contributed by atoms with van der Waals surface area (Å²) < 4.78 is 20.0. The first-order valence-corrected chi connectivity index (χ1v) is 11.9. The molecule has 7 nitrogen and oxygen atoms in total. The SMILES string of the molecule is CC(=O)N(c1nc(/C=C/C(=O)N(Cc2cccnc2)CC2CCCO2)cs1)c1ccccc1F. The predicted octanol–water partition coefficient (Wildman–Crippen LogP) is 4.58. The first kappa shape index (κ1) is 23.7. The second-order valence-electron chi connectivity index (χ2n) is 7.91. The Morgan fingerprint density at radius 2 is 2.12 bits per heavy atom. The number of ether oxygens (including phenoxy) is 1. The van der Waals surface area contributed by atoms with E-state index in [-0.39, 0.29) is 23.6 Å². The molecule has 3 aromatic rings. The fourth-order valence-corrected chi connectivity index (χ4v) is 4.58. The van der Waals surface area contributed by atoms with Gasteiger partial charge < -0.3 is 9.64 Å². The van der Waals surface area contributed by atoms with Crippen molar-refractivity contribution in [2.75, 3.05) is 18.1 Å². The van der Waals surface area contributed by atoms with Crippen molar-refractivity contribution in [1.82, 2.24) is 14.9 Å². The number of halogens is 1. The number of amides is 2. The molecule has 1 saturated heterocycles. The molecule has 2 amide bonds. The molecule has 9 heteroatoms.